The number of nitrogens with one attached hydrogen (secondary N) is 1. The molecule has 25 heavy (non-hydrogen) atoms. The monoisotopic (exact) mass is 334 g/mol. The Labute approximate surface area is 147 Å². The third-order valence-electron chi connectivity index (χ3n) is 3.89. The van der Waals surface area contributed by atoms with E-state index in [-0.39, 0.29) is 0 Å². The maximum atomic E-state index is 6.22. The van der Waals surface area contributed by atoms with Crippen LogP contribution in [0.3, 0.4) is 0 Å². The average molecular weight is 334 g/mol. The Morgan fingerprint density at radius 2 is 1.60 bits per heavy atom. The van der Waals surface area contributed by atoms with Crippen LogP contribution in [0.15, 0.2) is 42.7 Å². The number of hydrogen-bond acceptors (Lipinski definition) is 5. The van der Waals surface area contributed by atoms with Crippen molar-refractivity contribution >= 4 is 17.2 Å². The fraction of sp³-hybridized carbons (Fsp3) is 0.200. The molecule has 0 fully saturated rings. The number of nitrogen functional groups attached to an aromatic ring is 1. The third kappa shape index (κ3) is 3.88. The smallest absolute Gasteiger partial charge is 0.248 e. The van der Waals surface area contributed by atoms with Crippen LogP contribution in [0.5, 0.6) is 11.6 Å². The van der Waals surface area contributed by atoms with Gasteiger partial charge in [-0.05, 0) is 62.6 Å². The Kier molecular flexibility index (Phi) is 4.57. The van der Waals surface area contributed by atoms with E-state index in [9.17, 15) is 0 Å². The molecule has 3 rings (SSSR count). The third-order valence-corrected chi connectivity index (χ3v) is 3.89. The summed E-state index contributed by atoms with van der Waals surface area (Å²) in [6.45, 7) is 8.15. The first-order valence-corrected chi connectivity index (χ1v) is 8.13. The van der Waals surface area contributed by atoms with E-state index in [0.717, 1.165) is 22.4 Å². The number of rotatable bonds is 4. The fourth-order valence-electron chi connectivity index (χ4n) is 2.75. The van der Waals surface area contributed by atoms with E-state index in [1.165, 1.54) is 11.9 Å². The molecule has 0 amide bonds. The summed E-state index contributed by atoms with van der Waals surface area (Å²) in [5.41, 5.74) is 12.1. The molecule has 3 aromatic rings. The molecule has 5 nitrogen and oxygen atoms in total. The minimum absolute atomic E-state index is 0.340. The molecule has 0 aliphatic heterocycles. The molecule has 128 valence electrons. The molecule has 0 saturated carbocycles. The van der Waals surface area contributed by atoms with Gasteiger partial charge >= 0.3 is 0 Å². The summed E-state index contributed by atoms with van der Waals surface area (Å²) < 4.78 is 5.88. The molecule has 1 aromatic heterocycles. The van der Waals surface area contributed by atoms with Crippen LogP contribution in [-0.4, -0.2) is 9.97 Å². The van der Waals surface area contributed by atoms with Gasteiger partial charge in [0.05, 0.1) is 0 Å². The zero-order chi connectivity index (χ0) is 18.0. The predicted molar refractivity (Wildman–Crippen MR) is 102 cm³/mol. The molecular weight excluding hydrogens is 312 g/mol. The lowest BCUT2D eigenvalue weighted by Crippen LogP contribution is -2.04. The van der Waals surface area contributed by atoms with Crippen LogP contribution in [0, 0.1) is 27.7 Å². The van der Waals surface area contributed by atoms with Gasteiger partial charge in [-0.15, -0.1) is 0 Å². The van der Waals surface area contributed by atoms with Crippen molar-refractivity contribution in [3.63, 3.8) is 0 Å². The molecule has 0 aliphatic carbocycles. The van der Waals surface area contributed by atoms with Crippen LogP contribution < -0.4 is 15.8 Å². The van der Waals surface area contributed by atoms with E-state index < -0.39 is 0 Å². The highest BCUT2D eigenvalue weighted by atomic mass is 16.5. The van der Waals surface area contributed by atoms with Crippen LogP contribution in [0.2, 0.25) is 0 Å². The van der Waals surface area contributed by atoms with E-state index in [2.05, 4.69) is 34.3 Å². The molecule has 0 unspecified atom stereocenters. The van der Waals surface area contributed by atoms with Crippen LogP contribution in [0.25, 0.3) is 0 Å². The second-order valence-electron chi connectivity index (χ2n) is 6.31. The molecule has 0 spiro atoms. The number of nitrogens with two attached hydrogens (primary N) is 1. The summed E-state index contributed by atoms with van der Waals surface area (Å²) in [5.74, 6) is 1.58. The molecule has 0 bridgehead atoms. The first-order valence-electron chi connectivity index (χ1n) is 8.13. The van der Waals surface area contributed by atoms with E-state index in [1.807, 2.05) is 45.0 Å². The van der Waals surface area contributed by atoms with E-state index in [1.54, 1.807) is 0 Å². The Morgan fingerprint density at radius 3 is 2.28 bits per heavy atom. The average Bonchev–Trinajstić information content (AvgIpc) is 2.52. The molecule has 0 atom stereocenters. The van der Waals surface area contributed by atoms with Gasteiger partial charge in [0.15, 0.2) is 5.82 Å². The number of aromatic nitrogens is 2. The van der Waals surface area contributed by atoms with Crippen molar-refractivity contribution in [1.82, 2.24) is 9.97 Å². The predicted octanol–water partition coefficient (Wildman–Crippen LogP) is 4.83. The summed E-state index contributed by atoms with van der Waals surface area (Å²) >= 11 is 0. The quantitative estimate of drug-likeness (QED) is 0.715. The molecule has 0 radical (unpaired) electrons. The van der Waals surface area contributed by atoms with Crippen LogP contribution in [-0.2, 0) is 0 Å². The van der Waals surface area contributed by atoms with Crippen LogP contribution in [0.1, 0.15) is 22.3 Å². The van der Waals surface area contributed by atoms with Gasteiger partial charge in [-0.3, -0.25) is 0 Å². The fourth-order valence-corrected chi connectivity index (χ4v) is 2.75. The SMILES string of the molecule is Cc1cc(C)cc(Oc2ncnc(Nc3ccc(C)cc3C)c2N)c1. The first kappa shape index (κ1) is 16.8. The number of anilines is 3. The van der Waals surface area contributed by atoms with Gasteiger partial charge in [-0.25, -0.2) is 4.98 Å². The summed E-state index contributed by atoms with van der Waals surface area (Å²) in [6.07, 6.45) is 1.44. The maximum Gasteiger partial charge on any atom is 0.248 e. The Balaban J connectivity index is 1.89. The molecule has 0 saturated heterocycles. The van der Waals surface area contributed by atoms with Crippen LogP contribution >= 0.6 is 0 Å². The van der Waals surface area contributed by atoms with E-state index >= 15 is 0 Å². The van der Waals surface area contributed by atoms with Crippen molar-refractivity contribution in [2.45, 2.75) is 27.7 Å². The van der Waals surface area contributed by atoms with Crippen molar-refractivity contribution < 1.29 is 4.74 Å². The largest absolute Gasteiger partial charge is 0.437 e. The van der Waals surface area contributed by atoms with Gasteiger partial charge in [0.25, 0.3) is 0 Å². The van der Waals surface area contributed by atoms with Crippen molar-refractivity contribution in [2.24, 2.45) is 0 Å². The van der Waals surface area contributed by atoms with Gasteiger partial charge in [-0.1, -0.05) is 23.8 Å². The molecular formula is C20H22N4O. The molecule has 3 N–H and O–H groups in total. The lowest BCUT2D eigenvalue weighted by Gasteiger charge is -2.14. The van der Waals surface area contributed by atoms with Gasteiger partial charge in [0.2, 0.25) is 5.88 Å². The molecule has 2 aromatic carbocycles. The molecule has 1 heterocycles. The van der Waals surface area contributed by atoms with E-state index in [0.29, 0.717) is 23.1 Å². The summed E-state index contributed by atoms with van der Waals surface area (Å²) in [5, 5.41) is 3.26. The molecule has 0 aliphatic rings. The summed E-state index contributed by atoms with van der Waals surface area (Å²) in [7, 11) is 0. The van der Waals surface area contributed by atoms with Crippen molar-refractivity contribution in [3.8, 4) is 11.6 Å². The zero-order valence-corrected chi connectivity index (χ0v) is 14.9. The summed E-state index contributed by atoms with van der Waals surface area (Å²) in [4.78, 5) is 8.42. The van der Waals surface area contributed by atoms with Crippen molar-refractivity contribution in [1.29, 1.82) is 0 Å². The van der Waals surface area contributed by atoms with Crippen molar-refractivity contribution in [2.75, 3.05) is 11.1 Å². The maximum absolute atomic E-state index is 6.22. The topological polar surface area (TPSA) is 73.1 Å². The highest BCUT2D eigenvalue weighted by Crippen LogP contribution is 2.32. The van der Waals surface area contributed by atoms with Gasteiger partial charge < -0.3 is 15.8 Å². The molecule has 5 heteroatoms. The Bertz CT molecular complexity index is 901. The van der Waals surface area contributed by atoms with Crippen molar-refractivity contribution in [3.05, 3.63) is 65.0 Å². The van der Waals surface area contributed by atoms with Gasteiger partial charge in [0, 0.05) is 5.69 Å². The van der Waals surface area contributed by atoms with E-state index in [4.69, 9.17) is 10.5 Å². The lowest BCUT2D eigenvalue weighted by atomic mass is 10.1. The second kappa shape index (κ2) is 6.81. The number of ether oxygens (including phenoxy) is 1. The lowest BCUT2D eigenvalue weighted by molar-refractivity contribution is 0.464. The van der Waals surface area contributed by atoms with Gasteiger partial charge in [0.1, 0.15) is 17.8 Å². The number of nitrogens with zero attached hydrogens (tertiary/aromatic N) is 2. The number of aryl methyl sites for hydroxylation is 4. The number of hydrogen-bond donors (Lipinski definition) is 2. The highest BCUT2D eigenvalue weighted by molar-refractivity contribution is 5.73. The minimum Gasteiger partial charge on any atom is -0.437 e. The standard InChI is InChI=1S/C20H22N4O/c1-12-5-6-17(15(4)8-12)24-19-18(21)20(23-11-22-19)25-16-9-13(2)7-14(3)10-16/h5-11H,21H2,1-4H3,(H,22,23,24). The number of benzene rings is 2. The first-order chi connectivity index (χ1) is 11.9. The Morgan fingerprint density at radius 1 is 0.880 bits per heavy atom. The van der Waals surface area contributed by atoms with Crippen LogP contribution in [0.4, 0.5) is 17.2 Å². The second-order valence-corrected chi connectivity index (χ2v) is 6.31. The van der Waals surface area contributed by atoms with Gasteiger partial charge in [-0.2, -0.15) is 4.98 Å². The zero-order valence-electron chi connectivity index (χ0n) is 14.9. The highest BCUT2D eigenvalue weighted by Gasteiger charge is 2.12. The minimum atomic E-state index is 0.340. The summed E-state index contributed by atoms with van der Waals surface area (Å²) in [6, 6.07) is 12.1. The normalized spacial score (nSPS) is 10.6. The Hall–Kier alpha value is -3.08.